The molecule has 0 saturated carbocycles. The second-order valence-corrected chi connectivity index (χ2v) is 7.71. The highest BCUT2D eigenvalue weighted by Crippen LogP contribution is 2.37. The van der Waals surface area contributed by atoms with E-state index >= 15 is 0 Å². The number of amides is 2. The first-order valence-electron chi connectivity index (χ1n) is 9.24. The third-order valence-electron chi connectivity index (χ3n) is 4.70. The Bertz CT molecular complexity index is 973. The molecule has 2 aromatic heterocycles. The number of hydrogen-bond donors (Lipinski definition) is 2. The number of nitrogens with zero attached hydrogens (tertiary/aromatic N) is 2. The maximum atomic E-state index is 12.7. The van der Waals surface area contributed by atoms with Gasteiger partial charge in [0.05, 0.1) is 23.9 Å². The lowest BCUT2D eigenvalue weighted by Crippen LogP contribution is -2.31. The molecule has 4 rings (SSSR count). The lowest BCUT2D eigenvalue weighted by molar-refractivity contribution is -0.123. The number of anilines is 1. The van der Waals surface area contributed by atoms with Gasteiger partial charge in [-0.05, 0) is 43.5 Å². The van der Waals surface area contributed by atoms with Gasteiger partial charge in [0.1, 0.15) is 0 Å². The van der Waals surface area contributed by atoms with Crippen LogP contribution in [0.15, 0.2) is 54.7 Å². The number of pyridine rings is 1. The smallest absolute Gasteiger partial charge is 0.257 e. The topological polar surface area (TPSA) is 84.0 Å². The van der Waals surface area contributed by atoms with Crippen molar-refractivity contribution in [2.45, 2.75) is 31.7 Å². The summed E-state index contributed by atoms with van der Waals surface area (Å²) in [5, 5.41) is 6.37. The summed E-state index contributed by atoms with van der Waals surface area (Å²) in [6, 6.07) is 14.7. The number of carbonyl (C=O) groups is 2. The average Bonchev–Trinajstić information content (AvgIpc) is 3.15. The van der Waals surface area contributed by atoms with Crippen LogP contribution in [0.3, 0.4) is 0 Å². The van der Waals surface area contributed by atoms with Crippen molar-refractivity contribution < 1.29 is 9.59 Å². The van der Waals surface area contributed by atoms with Gasteiger partial charge in [0.15, 0.2) is 5.13 Å². The molecule has 0 spiro atoms. The number of fused-ring (bicyclic) bond motifs is 1. The Kier molecular flexibility index (Phi) is 5.43. The second kappa shape index (κ2) is 8.31. The van der Waals surface area contributed by atoms with Gasteiger partial charge in [-0.25, -0.2) is 4.98 Å². The van der Waals surface area contributed by atoms with Gasteiger partial charge in [-0.2, -0.15) is 0 Å². The molecule has 0 aliphatic heterocycles. The van der Waals surface area contributed by atoms with E-state index in [0.717, 1.165) is 35.5 Å². The molecule has 1 aliphatic rings. The zero-order chi connectivity index (χ0) is 19.3. The van der Waals surface area contributed by atoms with Crippen molar-refractivity contribution in [1.82, 2.24) is 15.3 Å². The Morgan fingerprint density at radius 3 is 2.71 bits per heavy atom. The summed E-state index contributed by atoms with van der Waals surface area (Å²) in [4.78, 5) is 35.0. The summed E-state index contributed by atoms with van der Waals surface area (Å²) in [5.41, 5.74) is 2.19. The largest absolute Gasteiger partial charge is 0.350 e. The highest BCUT2D eigenvalue weighted by atomic mass is 32.1. The van der Waals surface area contributed by atoms with Crippen molar-refractivity contribution in [3.63, 3.8) is 0 Å². The fraction of sp³-hybridized carbons (Fsp3) is 0.238. The number of benzene rings is 1. The monoisotopic (exact) mass is 392 g/mol. The first kappa shape index (κ1) is 18.3. The van der Waals surface area contributed by atoms with Crippen LogP contribution < -0.4 is 10.6 Å². The molecular weight excluding hydrogens is 372 g/mol. The molecule has 0 fully saturated rings. The molecule has 3 aromatic rings. The van der Waals surface area contributed by atoms with E-state index in [-0.39, 0.29) is 17.7 Å². The van der Waals surface area contributed by atoms with Crippen molar-refractivity contribution in [3.8, 4) is 0 Å². The summed E-state index contributed by atoms with van der Waals surface area (Å²) >= 11 is 1.46. The van der Waals surface area contributed by atoms with Crippen molar-refractivity contribution in [1.29, 1.82) is 0 Å². The maximum Gasteiger partial charge on any atom is 0.257 e. The van der Waals surface area contributed by atoms with Crippen LogP contribution in [0.2, 0.25) is 0 Å². The molecular formula is C21H20N4O2S. The van der Waals surface area contributed by atoms with Gasteiger partial charge >= 0.3 is 0 Å². The Labute approximate surface area is 167 Å². The van der Waals surface area contributed by atoms with Crippen LogP contribution in [0.5, 0.6) is 0 Å². The Morgan fingerprint density at radius 1 is 1.11 bits per heavy atom. The molecule has 28 heavy (non-hydrogen) atoms. The number of thiazole rings is 1. The van der Waals surface area contributed by atoms with Crippen molar-refractivity contribution in [2.24, 2.45) is 0 Å². The molecule has 1 atom stereocenters. The van der Waals surface area contributed by atoms with Gasteiger partial charge < -0.3 is 5.32 Å². The lowest BCUT2D eigenvalue weighted by Gasteiger charge is -2.20. The van der Waals surface area contributed by atoms with Crippen LogP contribution in [0.25, 0.3) is 0 Å². The maximum absolute atomic E-state index is 12.7. The molecule has 2 amide bonds. The molecule has 1 aliphatic carbocycles. The molecule has 7 heteroatoms. The summed E-state index contributed by atoms with van der Waals surface area (Å²) < 4.78 is 0. The quantitative estimate of drug-likeness (QED) is 0.696. The van der Waals surface area contributed by atoms with Crippen molar-refractivity contribution in [2.75, 3.05) is 5.32 Å². The van der Waals surface area contributed by atoms with E-state index < -0.39 is 0 Å². The Balaban J connectivity index is 1.45. The highest BCUT2D eigenvalue weighted by molar-refractivity contribution is 7.15. The number of aromatic nitrogens is 2. The summed E-state index contributed by atoms with van der Waals surface area (Å²) in [6.45, 7) is 0.396. The number of aryl methyl sites for hydroxylation is 1. The minimum absolute atomic E-state index is 0.0437. The molecule has 0 saturated heterocycles. The zero-order valence-corrected chi connectivity index (χ0v) is 16.0. The standard InChI is InChI=1S/C21H20N4O2S/c26-19(14-7-2-1-3-8-14)25-21-24-18-16(10-6-11-17(18)28-21)20(27)23-13-15-9-4-5-12-22-15/h1-5,7-9,12,16H,6,10-11,13H2,(H,23,27)(H,24,25,26)/t16-/m1/s1. The number of rotatable bonds is 5. The van der Waals surface area contributed by atoms with Gasteiger partial charge in [0.25, 0.3) is 5.91 Å². The molecule has 2 N–H and O–H groups in total. The van der Waals surface area contributed by atoms with Gasteiger partial charge in [-0.15, -0.1) is 11.3 Å². The van der Waals surface area contributed by atoms with E-state index in [1.54, 1.807) is 18.3 Å². The van der Waals surface area contributed by atoms with Crippen LogP contribution in [-0.2, 0) is 17.8 Å². The van der Waals surface area contributed by atoms with Crippen molar-refractivity contribution in [3.05, 3.63) is 76.6 Å². The zero-order valence-electron chi connectivity index (χ0n) is 15.2. The molecule has 0 bridgehead atoms. The SMILES string of the molecule is O=C(Nc1nc2c(s1)CCC[C@H]2C(=O)NCc1ccccn1)c1ccccc1. The van der Waals surface area contributed by atoms with Crippen LogP contribution in [-0.4, -0.2) is 21.8 Å². The van der Waals surface area contributed by atoms with Crippen LogP contribution in [0.1, 0.15) is 45.4 Å². The fourth-order valence-electron chi connectivity index (χ4n) is 3.29. The van der Waals surface area contributed by atoms with E-state index in [1.165, 1.54) is 11.3 Å². The number of carbonyl (C=O) groups excluding carboxylic acids is 2. The Hall–Kier alpha value is -3.06. The number of hydrogen-bond acceptors (Lipinski definition) is 5. The fourth-order valence-corrected chi connectivity index (χ4v) is 4.35. The molecule has 0 unspecified atom stereocenters. The predicted molar refractivity (Wildman–Crippen MR) is 108 cm³/mol. The molecule has 1 aromatic carbocycles. The van der Waals surface area contributed by atoms with Crippen LogP contribution in [0, 0.1) is 0 Å². The first-order valence-corrected chi connectivity index (χ1v) is 10.1. The van der Waals surface area contributed by atoms with Crippen molar-refractivity contribution >= 4 is 28.3 Å². The molecule has 0 radical (unpaired) electrons. The highest BCUT2D eigenvalue weighted by Gasteiger charge is 2.30. The summed E-state index contributed by atoms with van der Waals surface area (Å²) in [7, 11) is 0. The van der Waals surface area contributed by atoms with Gasteiger partial charge in [0.2, 0.25) is 5.91 Å². The van der Waals surface area contributed by atoms with E-state index in [2.05, 4.69) is 20.6 Å². The molecule has 2 heterocycles. The normalized spacial score (nSPS) is 15.5. The molecule has 142 valence electrons. The van der Waals surface area contributed by atoms with Gasteiger partial charge in [-0.1, -0.05) is 24.3 Å². The minimum atomic E-state index is -0.286. The minimum Gasteiger partial charge on any atom is -0.350 e. The third-order valence-corrected chi connectivity index (χ3v) is 5.74. The van der Waals surface area contributed by atoms with E-state index in [1.807, 2.05) is 36.4 Å². The van der Waals surface area contributed by atoms with E-state index in [0.29, 0.717) is 17.2 Å². The number of nitrogens with one attached hydrogen (secondary N) is 2. The van der Waals surface area contributed by atoms with E-state index in [9.17, 15) is 9.59 Å². The van der Waals surface area contributed by atoms with E-state index in [4.69, 9.17) is 0 Å². The summed E-state index contributed by atoms with van der Waals surface area (Å²) in [6.07, 6.45) is 4.29. The lowest BCUT2D eigenvalue weighted by atomic mass is 9.90. The van der Waals surface area contributed by atoms with Crippen LogP contribution >= 0.6 is 11.3 Å². The van der Waals surface area contributed by atoms with Crippen LogP contribution in [0.4, 0.5) is 5.13 Å². The first-order chi connectivity index (χ1) is 13.7. The third kappa shape index (κ3) is 4.09. The second-order valence-electron chi connectivity index (χ2n) is 6.63. The average molecular weight is 392 g/mol. The summed E-state index contributed by atoms with van der Waals surface area (Å²) in [5.74, 6) is -0.522. The Morgan fingerprint density at radius 2 is 1.93 bits per heavy atom. The predicted octanol–water partition coefficient (Wildman–Crippen LogP) is 3.53. The van der Waals surface area contributed by atoms with Gasteiger partial charge in [-0.3, -0.25) is 19.9 Å². The van der Waals surface area contributed by atoms with Gasteiger partial charge in [0, 0.05) is 16.6 Å². The molecule has 6 nitrogen and oxygen atoms in total.